The Kier molecular flexibility index (Phi) is 3.37. The highest BCUT2D eigenvalue weighted by atomic mass is 15.2. The van der Waals surface area contributed by atoms with Crippen LogP contribution in [0.15, 0.2) is 30.3 Å². The van der Waals surface area contributed by atoms with E-state index in [1.165, 1.54) is 31.2 Å². The van der Waals surface area contributed by atoms with Gasteiger partial charge in [0.1, 0.15) is 0 Å². The van der Waals surface area contributed by atoms with Gasteiger partial charge in [-0.1, -0.05) is 30.3 Å². The van der Waals surface area contributed by atoms with Gasteiger partial charge in [0.25, 0.3) is 0 Å². The van der Waals surface area contributed by atoms with Crippen molar-refractivity contribution in [3.63, 3.8) is 0 Å². The summed E-state index contributed by atoms with van der Waals surface area (Å²) < 4.78 is 0. The Balaban J connectivity index is 1.85. The average Bonchev–Trinajstić information content (AvgIpc) is 2.89. The third-order valence-electron chi connectivity index (χ3n) is 5.25. The van der Waals surface area contributed by atoms with E-state index >= 15 is 0 Å². The number of rotatable bonds is 2. The van der Waals surface area contributed by atoms with Gasteiger partial charge in [-0.25, -0.2) is 0 Å². The second-order valence-corrected chi connectivity index (χ2v) is 6.35. The molecule has 1 saturated heterocycles. The predicted octanol–water partition coefficient (Wildman–Crippen LogP) is 1.91. The van der Waals surface area contributed by atoms with Crippen LogP contribution in [0.2, 0.25) is 0 Å². The standard InChI is InChI=1S/C16H25N3/c1-19(2)16(14-6-4-3-5-7-14)10-8-15(9-11-16)12-17-13-18-15/h3-7,17-18H,8-13H2,1-2H3. The molecule has 1 aliphatic carbocycles. The van der Waals surface area contributed by atoms with E-state index in [0.717, 1.165) is 13.2 Å². The van der Waals surface area contributed by atoms with E-state index in [1.54, 1.807) is 0 Å². The Bertz CT molecular complexity index is 411. The van der Waals surface area contributed by atoms with E-state index < -0.39 is 0 Å². The lowest BCUT2D eigenvalue weighted by molar-refractivity contribution is 0.0643. The maximum Gasteiger partial charge on any atom is 0.0459 e. The topological polar surface area (TPSA) is 27.3 Å². The first-order valence-corrected chi connectivity index (χ1v) is 7.36. The molecular weight excluding hydrogens is 234 g/mol. The molecular formula is C16H25N3. The van der Waals surface area contributed by atoms with Crippen molar-refractivity contribution in [1.82, 2.24) is 15.5 Å². The largest absolute Gasteiger partial charge is 0.303 e. The Morgan fingerprint density at radius 3 is 2.21 bits per heavy atom. The fourth-order valence-corrected chi connectivity index (χ4v) is 3.85. The van der Waals surface area contributed by atoms with Crippen LogP contribution in [0.4, 0.5) is 0 Å². The van der Waals surface area contributed by atoms with Crippen molar-refractivity contribution in [3.8, 4) is 0 Å². The maximum absolute atomic E-state index is 3.67. The third-order valence-corrected chi connectivity index (χ3v) is 5.25. The molecule has 0 unspecified atom stereocenters. The molecule has 1 spiro atoms. The van der Waals surface area contributed by atoms with E-state index in [-0.39, 0.29) is 5.54 Å². The van der Waals surface area contributed by atoms with E-state index in [1.807, 2.05) is 0 Å². The first kappa shape index (κ1) is 13.1. The Hall–Kier alpha value is -0.900. The minimum Gasteiger partial charge on any atom is -0.303 e. The molecule has 0 bridgehead atoms. The summed E-state index contributed by atoms with van der Waals surface area (Å²) >= 11 is 0. The normalized spacial score (nSPS) is 35.1. The fourth-order valence-electron chi connectivity index (χ4n) is 3.85. The summed E-state index contributed by atoms with van der Waals surface area (Å²) in [5.41, 5.74) is 2.05. The molecule has 2 fully saturated rings. The van der Waals surface area contributed by atoms with Gasteiger partial charge in [0, 0.05) is 24.3 Å². The quantitative estimate of drug-likeness (QED) is 0.849. The Morgan fingerprint density at radius 1 is 1.00 bits per heavy atom. The van der Waals surface area contributed by atoms with E-state index in [2.05, 4.69) is 60.0 Å². The lowest BCUT2D eigenvalue weighted by Gasteiger charge is -2.49. The second-order valence-electron chi connectivity index (χ2n) is 6.35. The van der Waals surface area contributed by atoms with Crippen molar-refractivity contribution >= 4 is 0 Å². The van der Waals surface area contributed by atoms with Crippen molar-refractivity contribution in [2.45, 2.75) is 36.8 Å². The molecule has 1 aliphatic heterocycles. The van der Waals surface area contributed by atoms with Gasteiger partial charge in [-0.3, -0.25) is 10.2 Å². The van der Waals surface area contributed by atoms with Crippen LogP contribution in [0, 0.1) is 0 Å². The molecule has 1 aromatic rings. The van der Waals surface area contributed by atoms with E-state index in [0.29, 0.717) is 5.54 Å². The SMILES string of the molecule is CN(C)C1(c2ccccc2)CCC2(CC1)CNCN2. The molecule has 0 aromatic heterocycles. The van der Waals surface area contributed by atoms with Crippen LogP contribution in [-0.2, 0) is 5.54 Å². The summed E-state index contributed by atoms with van der Waals surface area (Å²) in [6.45, 7) is 2.10. The molecule has 1 aromatic carbocycles. The van der Waals surface area contributed by atoms with Gasteiger partial charge in [-0.2, -0.15) is 0 Å². The van der Waals surface area contributed by atoms with Crippen molar-refractivity contribution in [2.24, 2.45) is 0 Å². The maximum atomic E-state index is 3.67. The highest BCUT2D eigenvalue weighted by molar-refractivity contribution is 5.26. The monoisotopic (exact) mass is 259 g/mol. The first-order valence-electron chi connectivity index (χ1n) is 7.36. The van der Waals surface area contributed by atoms with Crippen LogP contribution in [0.5, 0.6) is 0 Å². The molecule has 0 radical (unpaired) electrons. The number of nitrogens with one attached hydrogen (secondary N) is 2. The van der Waals surface area contributed by atoms with Crippen LogP contribution in [0.25, 0.3) is 0 Å². The fraction of sp³-hybridized carbons (Fsp3) is 0.625. The Labute approximate surface area is 116 Å². The molecule has 19 heavy (non-hydrogen) atoms. The zero-order chi connectivity index (χ0) is 13.3. The van der Waals surface area contributed by atoms with Crippen LogP contribution < -0.4 is 10.6 Å². The third kappa shape index (κ3) is 2.20. The van der Waals surface area contributed by atoms with Crippen molar-refractivity contribution in [1.29, 1.82) is 0 Å². The molecule has 0 atom stereocenters. The molecule has 3 heteroatoms. The number of nitrogens with zero attached hydrogens (tertiary/aromatic N) is 1. The summed E-state index contributed by atoms with van der Waals surface area (Å²) in [6, 6.07) is 11.0. The molecule has 104 valence electrons. The number of hydrogen-bond acceptors (Lipinski definition) is 3. The molecule has 3 nitrogen and oxygen atoms in total. The summed E-state index contributed by atoms with van der Waals surface area (Å²) in [7, 11) is 4.46. The molecule has 1 heterocycles. The van der Waals surface area contributed by atoms with Crippen molar-refractivity contribution in [3.05, 3.63) is 35.9 Å². The van der Waals surface area contributed by atoms with Gasteiger partial charge in [0.2, 0.25) is 0 Å². The zero-order valence-electron chi connectivity index (χ0n) is 12.1. The minimum absolute atomic E-state index is 0.219. The van der Waals surface area contributed by atoms with Gasteiger partial charge in [-0.15, -0.1) is 0 Å². The minimum atomic E-state index is 0.219. The summed E-state index contributed by atoms with van der Waals surface area (Å²) in [5.74, 6) is 0. The summed E-state index contributed by atoms with van der Waals surface area (Å²) in [6.07, 6.45) is 4.98. The Morgan fingerprint density at radius 2 is 1.68 bits per heavy atom. The lowest BCUT2D eigenvalue weighted by atomic mass is 9.69. The van der Waals surface area contributed by atoms with E-state index in [9.17, 15) is 0 Å². The van der Waals surface area contributed by atoms with Gasteiger partial charge in [0.05, 0.1) is 0 Å². The molecule has 2 aliphatic rings. The number of benzene rings is 1. The van der Waals surface area contributed by atoms with Gasteiger partial charge in [0.15, 0.2) is 0 Å². The predicted molar refractivity (Wildman–Crippen MR) is 79.0 cm³/mol. The smallest absolute Gasteiger partial charge is 0.0459 e. The first-order chi connectivity index (χ1) is 9.17. The lowest BCUT2D eigenvalue weighted by Crippen LogP contribution is -2.53. The summed E-state index contributed by atoms with van der Waals surface area (Å²) in [4.78, 5) is 2.43. The zero-order valence-corrected chi connectivity index (χ0v) is 12.1. The van der Waals surface area contributed by atoms with Crippen LogP contribution in [0.3, 0.4) is 0 Å². The van der Waals surface area contributed by atoms with Crippen LogP contribution in [0.1, 0.15) is 31.2 Å². The second kappa shape index (κ2) is 4.89. The van der Waals surface area contributed by atoms with Crippen LogP contribution >= 0.6 is 0 Å². The number of hydrogen-bond donors (Lipinski definition) is 2. The summed E-state index contributed by atoms with van der Waals surface area (Å²) in [5, 5.41) is 7.12. The van der Waals surface area contributed by atoms with Gasteiger partial charge >= 0.3 is 0 Å². The van der Waals surface area contributed by atoms with Gasteiger partial charge < -0.3 is 5.32 Å². The van der Waals surface area contributed by atoms with Crippen LogP contribution in [-0.4, -0.2) is 37.7 Å². The van der Waals surface area contributed by atoms with E-state index in [4.69, 9.17) is 0 Å². The average molecular weight is 259 g/mol. The highest BCUT2D eigenvalue weighted by Crippen LogP contribution is 2.44. The van der Waals surface area contributed by atoms with Crippen molar-refractivity contribution < 1.29 is 0 Å². The molecule has 1 saturated carbocycles. The highest BCUT2D eigenvalue weighted by Gasteiger charge is 2.45. The van der Waals surface area contributed by atoms with Crippen molar-refractivity contribution in [2.75, 3.05) is 27.3 Å². The van der Waals surface area contributed by atoms with Gasteiger partial charge in [-0.05, 0) is 45.3 Å². The molecule has 0 amide bonds. The molecule has 3 rings (SSSR count). The molecule has 2 N–H and O–H groups in total.